The fourth-order valence-corrected chi connectivity index (χ4v) is 4.59. The largest absolute Gasteiger partial charge is 0.371 e. The number of fused-ring (bicyclic) bond motifs is 1. The van der Waals surface area contributed by atoms with Gasteiger partial charge in [-0.25, -0.2) is 0 Å². The average Bonchev–Trinajstić information content (AvgIpc) is 3.27. The summed E-state index contributed by atoms with van der Waals surface area (Å²) in [5.41, 5.74) is 9.58. The summed E-state index contributed by atoms with van der Waals surface area (Å²) in [6.07, 6.45) is 13.7. The molecule has 0 bridgehead atoms. The lowest BCUT2D eigenvalue weighted by Gasteiger charge is -2.32. The molecule has 2 N–H and O–H groups in total. The normalized spacial score (nSPS) is 16.4. The smallest absolute Gasteiger partial charge is 0.116 e. The molecule has 178 valence electrons. The number of benzene rings is 1. The molecule has 0 radical (unpaired) electrons. The Morgan fingerprint density at radius 1 is 1.06 bits per heavy atom. The number of aromatic nitrogens is 2. The molecular weight excluding hydrogens is 416 g/mol. The van der Waals surface area contributed by atoms with Crippen molar-refractivity contribution in [3.05, 3.63) is 102 Å². The van der Waals surface area contributed by atoms with Crippen molar-refractivity contribution in [3.8, 4) is 0 Å². The third kappa shape index (κ3) is 5.51. The van der Waals surface area contributed by atoms with Crippen LogP contribution in [0.15, 0.2) is 90.9 Å². The zero-order valence-electron chi connectivity index (χ0n) is 21.2. The molecule has 0 atom stereocenters. The van der Waals surface area contributed by atoms with E-state index >= 15 is 0 Å². The Hall–Kier alpha value is -3.53. The topological polar surface area (TPSA) is 44.0 Å². The molecule has 2 aromatic rings. The van der Waals surface area contributed by atoms with Gasteiger partial charge >= 0.3 is 0 Å². The second-order valence-electron chi connectivity index (χ2n) is 8.81. The standard InChI is InChI=1S/C30H38N4/c1-8-14-21(4)26(10-3)25-16-17-28-27(20-25)30(33-32-28)24(7)31-23(6)22(5)29(15-9-2)34-18-12-11-13-19-34/h8-10,14-17,20,31H,1-2,7,11-13,18-19H2,3-6H3,(H,32,33)/b21-14-,23-22+,26-10+,29-15+. The molecule has 1 aromatic heterocycles. The quantitative estimate of drug-likeness (QED) is 0.385. The number of nitrogens with one attached hydrogen (secondary N) is 2. The predicted molar refractivity (Wildman–Crippen MR) is 148 cm³/mol. The molecule has 4 heteroatoms. The number of hydrogen-bond acceptors (Lipinski definition) is 3. The Morgan fingerprint density at radius 2 is 1.76 bits per heavy atom. The van der Waals surface area contributed by atoms with E-state index in [4.69, 9.17) is 0 Å². The van der Waals surface area contributed by atoms with Gasteiger partial charge in [0.2, 0.25) is 0 Å². The van der Waals surface area contributed by atoms with Gasteiger partial charge in [0.25, 0.3) is 0 Å². The number of hydrogen-bond donors (Lipinski definition) is 2. The molecule has 0 saturated carbocycles. The Labute approximate surface area is 204 Å². The van der Waals surface area contributed by atoms with E-state index in [1.807, 2.05) is 18.2 Å². The zero-order valence-corrected chi connectivity index (χ0v) is 21.2. The Morgan fingerprint density at radius 3 is 2.41 bits per heavy atom. The van der Waals surface area contributed by atoms with Gasteiger partial charge in [0.05, 0.1) is 11.2 Å². The molecule has 4 nitrogen and oxygen atoms in total. The van der Waals surface area contributed by atoms with Crippen molar-refractivity contribution in [1.82, 2.24) is 20.4 Å². The fourth-order valence-electron chi connectivity index (χ4n) is 4.59. The van der Waals surface area contributed by atoms with Crippen molar-refractivity contribution >= 4 is 22.2 Å². The van der Waals surface area contributed by atoms with Gasteiger partial charge in [-0.2, -0.15) is 5.10 Å². The molecule has 1 saturated heterocycles. The molecule has 0 unspecified atom stereocenters. The number of nitrogens with zero attached hydrogens (tertiary/aromatic N) is 2. The van der Waals surface area contributed by atoms with Crippen LogP contribution in [0.4, 0.5) is 0 Å². The zero-order chi connectivity index (χ0) is 24.7. The highest BCUT2D eigenvalue weighted by Gasteiger charge is 2.17. The summed E-state index contributed by atoms with van der Waals surface area (Å²) in [5, 5.41) is 12.3. The summed E-state index contributed by atoms with van der Waals surface area (Å²) < 4.78 is 0. The van der Waals surface area contributed by atoms with Gasteiger partial charge in [-0.3, -0.25) is 5.10 Å². The number of allylic oxidation sites excluding steroid dienone is 9. The van der Waals surface area contributed by atoms with Crippen molar-refractivity contribution in [2.75, 3.05) is 13.1 Å². The van der Waals surface area contributed by atoms with Crippen molar-refractivity contribution in [2.45, 2.75) is 47.0 Å². The summed E-state index contributed by atoms with van der Waals surface area (Å²) in [7, 11) is 0. The van der Waals surface area contributed by atoms with Gasteiger partial charge < -0.3 is 10.2 Å². The van der Waals surface area contributed by atoms with Crippen LogP contribution in [0.1, 0.15) is 58.2 Å². The van der Waals surface area contributed by atoms with E-state index in [-0.39, 0.29) is 0 Å². The fraction of sp³-hybridized carbons (Fsp3) is 0.300. The first-order chi connectivity index (χ1) is 16.4. The summed E-state index contributed by atoms with van der Waals surface area (Å²) in [5.74, 6) is 0. The number of rotatable bonds is 9. The van der Waals surface area contributed by atoms with Crippen molar-refractivity contribution < 1.29 is 0 Å². The molecule has 1 aliphatic heterocycles. The molecule has 1 aromatic carbocycles. The van der Waals surface area contributed by atoms with Gasteiger partial charge in [0.15, 0.2) is 0 Å². The van der Waals surface area contributed by atoms with Crippen LogP contribution in [-0.4, -0.2) is 28.2 Å². The van der Waals surface area contributed by atoms with Gasteiger partial charge in [-0.05, 0) is 87.4 Å². The highest BCUT2D eigenvalue weighted by molar-refractivity contribution is 5.93. The third-order valence-corrected chi connectivity index (χ3v) is 6.50. The van der Waals surface area contributed by atoms with Crippen LogP contribution in [0.2, 0.25) is 0 Å². The lowest BCUT2D eigenvalue weighted by atomic mass is 9.96. The van der Waals surface area contributed by atoms with Crippen LogP contribution in [0.3, 0.4) is 0 Å². The summed E-state index contributed by atoms with van der Waals surface area (Å²) >= 11 is 0. The van der Waals surface area contributed by atoms with E-state index in [0.717, 1.165) is 46.6 Å². The summed E-state index contributed by atoms with van der Waals surface area (Å²) in [6.45, 7) is 22.7. The average molecular weight is 455 g/mol. The van der Waals surface area contributed by atoms with E-state index in [1.54, 1.807) is 0 Å². The molecular formula is C30H38N4. The first kappa shape index (κ1) is 25.1. The van der Waals surface area contributed by atoms with Gasteiger partial charge in [-0.1, -0.05) is 50.1 Å². The van der Waals surface area contributed by atoms with Crippen LogP contribution in [0.25, 0.3) is 22.2 Å². The molecule has 3 rings (SSSR count). The number of aromatic amines is 1. The van der Waals surface area contributed by atoms with E-state index in [9.17, 15) is 0 Å². The van der Waals surface area contributed by atoms with E-state index in [1.165, 1.54) is 41.7 Å². The van der Waals surface area contributed by atoms with Gasteiger partial charge in [0, 0.05) is 29.9 Å². The van der Waals surface area contributed by atoms with Crippen LogP contribution in [-0.2, 0) is 0 Å². The molecule has 1 fully saturated rings. The Kier molecular flexibility index (Phi) is 8.53. The minimum absolute atomic E-state index is 0.775. The lowest BCUT2D eigenvalue weighted by Crippen LogP contribution is -2.30. The second kappa shape index (κ2) is 11.6. The van der Waals surface area contributed by atoms with E-state index in [2.05, 4.69) is 98.2 Å². The van der Waals surface area contributed by atoms with Gasteiger partial charge in [-0.15, -0.1) is 0 Å². The minimum atomic E-state index is 0.775. The highest BCUT2D eigenvalue weighted by Crippen LogP contribution is 2.29. The monoisotopic (exact) mass is 454 g/mol. The van der Waals surface area contributed by atoms with Crippen LogP contribution in [0, 0.1) is 0 Å². The van der Waals surface area contributed by atoms with Crippen molar-refractivity contribution in [2.24, 2.45) is 0 Å². The number of likely N-dealkylation sites (tertiary alicyclic amines) is 1. The predicted octanol–water partition coefficient (Wildman–Crippen LogP) is 7.51. The Bertz CT molecular complexity index is 1190. The molecule has 1 aliphatic rings. The Balaban J connectivity index is 1.91. The van der Waals surface area contributed by atoms with E-state index in [0.29, 0.717) is 0 Å². The van der Waals surface area contributed by atoms with Crippen LogP contribution >= 0.6 is 0 Å². The van der Waals surface area contributed by atoms with Crippen LogP contribution < -0.4 is 5.32 Å². The number of piperidine rings is 1. The van der Waals surface area contributed by atoms with Gasteiger partial charge in [0.1, 0.15) is 5.69 Å². The van der Waals surface area contributed by atoms with E-state index < -0.39 is 0 Å². The molecule has 2 heterocycles. The van der Waals surface area contributed by atoms with Crippen LogP contribution in [0.5, 0.6) is 0 Å². The molecule has 0 amide bonds. The summed E-state index contributed by atoms with van der Waals surface area (Å²) in [6, 6.07) is 6.38. The third-order valence-electron chi connectivity index (χ3n) is 6.50. The molecule has 0 aliphatic carbocycles. The maximum atomic E-state index is 4.59. The maximum absolute atomic E-state index is 4.59. The molecule has 34 heavy (non-hydrogen) atoms. The lowest BCUT2D eigenvalue weighted by molar-refractivity contribution is 0.289. The first-order valence-corrected chi connectivity index (χ1v) is 12.1. The molecule has 0 spiro atoms. The maximum Gasteiger partial charge on any atom is 0.116 e. The highest BCUT2D eigenvalue weighted by atomic mass is 15.1. The minimum Gasteiger partial charge on any atom is -0.371 e. The first-order valence-electron chi connectivity index (χ1n) is 12.1. The van der Waals surface area contributed by atoms with Crippen molar-refractivity contribution in [3.63, 3.8) is 0 Å². The SMILES string of the molecule is C=C/C=C(C)\C(=C/C)c1ccc2[nH]nc(C(=C)N/C(C)=C(C)/C(=C\C=C)N3CCCCC3)c2c1. The summed E-state index contributed by atoms with van der Waals surface area (Å²) in [4.78, 5) is 2.46. The second-order valence-corrected chi connectivity index (χ2v) is 8.81. The van der Waals surface area contributed by atoms with Crippen molar-refractivity contribution in [1.29, 1.82) is 0 Å². The number of H-pyrrole nitrogens is 1.